The van der Waals surface area contributed by atoms with Crippen molar-refractivity contribution in [3.8, 4) is 0 Å². The maximum Gasteiger partial charge on any atom is 0.270 e. The van der Waals surface area contributed by atoms with E-state index in [9.17, 15) is 19.2 Å². The van der Waals surface area contributed by atoms with Gasteiger partial charge in [-0.25, -0.2) is 5.01 Å². The van der Waals surface area contributed by atoms with E-state index in [1.54, 1.807) is 41.0 Å². The quantitative estimate of drug-likeness (QED) is 0.554. The van der Waals surface area contributed by atoms with Gasteiger partial charge < -0.3 is 4.57 Å². The minimum absolute atomic E-state index is 0.0830. The van der Waals surface area contributed by atoms with Gasteiger partial charge in [0.2, 0.25) is 5.91 Å². The summed E-state index contributed by atoms with van der Waals surface area (Å²) in [6.07, 6.45) is 2.96. The van der Waals surface area contributed by atoms with Gasteiger partial charge in [0.1, 0.15) is 0 Å². The maximum atomic E-state index is 13.7. The van der Waals surface area contributed by atoms with Crippen molar-refractivity contribution >= 4 is 28.5 Å². The molecule has 0 bridgehead atoms. The summed E-state index contributed by atoms with van der Waals surface area (Å²) in [5.74, 6) is -1.54. The molecule has 1 aliphatic carbocycles. The summed E-state index contributed by atoms with van der Waals surface area (Å²) >= 11 is 0. The van der Waals surface area contributed by atoms with Gasteiger partial charge in [-0.05, 0) is 55.5 Å². The number of hydrogen-bond donors (Lipinski definition) is 1. The molecule has 2 aliphatic rings. The first kappa shape index (κ1) is 23.5. The van der Waals surface area contributed by atoms with Gasteiger partial charge in [-0.15, -0.1) is 6.58 Å². The van der Waals surface area contributed by atoms with Gasteiger partial charge in [0.15, 0.2) is 5.78 Å². The predicted octanol–water partition coefficient (Wildman–Crippen LogP) is 4.16. The molecule has 0 spiro atoms. The van der Waals surface area contributed by atoms with Crippen molar-refractivity contribution in [3.05, 3.63) is 106 Å². The van der Waals surface area contributed by atoms with Crippen LogP contribution in [0.15, 0.2) is 83.3 Å². The van der Waals surface area contributed by atoms with Crippen molar-refractivity contribution in [1.29, 1.82) is 0 Å². The van der Waals surface area contributed by atoms with Crippen LogP contribution in [0, 0.1) is 6.92 Å². The number of hydrogen-bond acceptors (Lipinski definition) is 4. The van der Waals surface area contributed by atoms with E-state index in [1.807, 2.05) is 31.2 Å². The van der Waals surface area contributed by atoms with Crippen molar-refractivity contribution in [2.75, 3.05) is 0 Å². The Labute approximate surface area is 208 Å². The molecular weight excluding hydrogens is 454 g/mol. The number of benzene rings is 2. The molecule has 1 N–H and O–H groups in total. The Morgan fingerprint density at radius 2 is 1.86 bits per heavy atom. The molecule has 7 nitrogen and oxygen atoms in total. The highest BCUT2D eigenvalue weighted by Gasteiger charge is 2.41. The molecule has 1 unspecified atom stereocenters. The number of aromatic nitrogens is 1. The number of rotatable bonds is 5. The number of carbonyl (C=O) groups is 3. The maximum absolute atomic E-state index is 13.7. The molecule has 2 aromatic carbocycles. The molecule has 2 heterocycles. The van der Waals surface area contributed by atoms with E-state index in [1.165, 1.54) is 5.01 Å². The normalized spacial score (nSPS) is 17.8. The highest BCUT2D eigenvalue weighted by Crippen LogP contribution is 2.40. The lowest BCUT2D eigenvalue weighted by Gasteiger charge is -2.38. The van der Waals surface area contributed by atoms with E-state index in [-0.39, 0.29) is 23.7 Å². The molecule has 2 amide bonds. The second kappa shape index (κ2) is 9.41. The zero-order valence-electron chi connectivity index (χ0n) is 20.1. The van der Waals surface area contributed by atoms with Gasteiger partial charge in [0, 0.05) is 42.0 Å². The van der Waals surface area contributed by atoms with Gasteiger partial charge in [0.05, 0.1) is 11.2 Å². The minimum Gasteiger partial charge on any atom is -0.304 e. The van der Waals surface area contributed by atoms with Gasteiger partial charge >= 0.3 is 0 Å². The first-order chi connectivity index (χ1) is 17.4. The van der Waals surface area contributed by atoms with Crippen LogP contribution in [0.1, 0.15) is 53.1 Å². The van der Waals surface area contributed by atoms with Gasteiger partial charge in [-0.2, -0.15) is 0 Å². The fourth-order valence-corrected chi connectivity index (χ4v) is 5.23. The van der Waals surface area contributed by atoms with Crippen molar-refractivity contribution in [3.63, 3.8) is 0 Å². The zero-order valence-corrected chi connectivity index (χ0v) is 20.1. The molecule has 5 rings (SSSR count). The van der Waals surface area contributed by atoms with Crippen molar-refractivity contribution < 1.29 is 14.4 Å². The van der Waals surface area contributed by atoms with Crippen LogP contribution in [-0.2, 0) is 16.1 Å². The number of allylic oxidation sites excluding steroid dienone is 3. The van der Waals surface area contributed by atoms with Crippen LogP contribution in [0.2, 0.25) is 0 Å². The van der Waals surface area contributed by atoms with Crippen LogP contribution in [0.3, 0.4) is 0 Å². The molecule has 0 fully saturated rings. The van der Waals surface area contributed by atoms with Crippen LogP contribution in [-0.4, -0.2) is 27.2 Å². The fourth-order valence-electron chi connectivity index (χ4n) is 5.23. The Bertz CT molecular complexity index is 1500. The zero-order chi connectivity index (χ0) is 25.4. The second-order valence-electron chi connectivity index (χ2n) is 9.30. The average Bonchev–Trinajstić information content (AvgIpc) is 2.87. The number of hydrazine groups is 1. The van der Waals surface area contributed by atoms with Gasteiger partial charge in [0.25, 0.3) is 11.5 Å². The number of fused-ring (bicyclic) bond motifs is 1. The van der Waals surface area contributed by atoms with Gasteiger partial charge in [-0.1, -0.05) is 35.9 Å². The van der Waals surface area contributed by atoms with Crippen molar-refractivity contribution in [1.82, 2.24) is 15.0 Å². The predicted molar refractivity (Wildman–Crippen MR) is 137 cm³/mol. The summed E-state index contributed by atoms with van der Waals surface area (Å²) in [4.78, 5) is 53.1. The summed E-state index contributed by atoms with van der Waals surface area (Å²) in [5, 5.41) is 2.09. The molecule has 0 saturated heterocycles. The summed E-state index contributed by atoms with van der Waals surface area (Å²) in [6.45, 7) is 6.08. The fraction of sp³-hybridized carbons (Fsp3) is 0.241. The molecule has 7 heteroatoms. The number of carbonyl (C=O) groups excluding carboxylic acids is 3. The monoisotopic (exact) mass is 481 g/mol. The molecular formula is C29H27N3O4. The molecule has 3 aromatic rings. The van der Waals surface area contributed by atoms with E-state index in [0.29, 0.717) is 48.2 Å². The molecule has 0 radical (unpaired) electrons. The van der Waals surface area contributed by atoms with Crippen LogP contribution in [0.4, 0.5) is 0 Å². The van der Waals surface area contributed by atoms with Crippen LogP contribution in [0.25, 0.3) is 10.9 Å². The summed E-state index contributed by atoms with van der Waals surface area (Å²) in [5.41, 5.74) is 6.03. The Balaban J connectivity index is 1.64. The van der Waals surface area contributed by atoms with E-state index in [0.717, 1.165) is 16.5 Å². The Hall–Kier alpha value is -4.26. The topological polar surface area (TPSA) is 88.5 Å². The SMILES string of the molecule is C=CCn1c(=O)c(C2CC(=O)N(NC(=O)c3ccccc3)C3=C2C(=O)CCC3)cc2cc(C)ccc21. The van der Waals surface area contributed by atoms with Crippen molar-refractivity contribution in [2.45, 2.75) is 45.1 Å². The largest absolute Gasteiger partial charge is 0.304 e. The Kier molecular flexibility index (Phi) is 6.14. The number of amides is 2. The molecule has 36 heavy (non-hydrogen) atoms. The summed E-state index contributed by atoms with van der Waals surface area (Å²) < 4.78 is 1.64. The Morgan fingerprint density at radius 1 is 1.08 bits per heavy atom. The van der Waals surface area contributed by atoms with E-state index < -0.39 is 11.8 Å². The van der Waals surface area contributed by atoms with E-state index in [4.69, 9.17) is 0 Å². The smallest absolute Gasteiger partial charge is 0.270 e. The third-order valence-electron chi connectivity index (χ3n) is 6.89. The lowest BCUT2D eigenvalue weighted by Crippen LogP contribution is -2.50. The molecule has 182 valence electrons. The van der Waals surface area contributed by atoms with Gasteiger partial charge in [-0.3, -0.25) is 24.6 Å². The van der Waals surface area contributed by atoms with Crippen LogP contribution < -0.4 is 11.0 Å². The molecule has 0 saturated carbocycles. The van der Waals surface area contributed by atoms with E-state index in [2.05, 4.69) is 12.0 Å². The average molecular weight is 482 g/mol. The molecule has 1 aromatic heterocycles. The highest BCUT2D eigenvalue weighted by atomic mass is 16.2. The second-order valence-corrected chi connectivity index (χ2v) is 9.30. The summed E-state index contributed by atoms with van der Waals surface area (Å²) in [6, 6.07) is 16.3. The lowest BCUT2D eigenvalue weighted by atomic mass is 9.77. The number of aryl methyl sites for hydroxylation is 1. The summed E-state index contributed by atoms with van der Waals surface area (Å²) in [7, 11) is 0. The number of ketones is 1. The van der Waals surface area contributed by atoms with E-state index >= 15 is 0 Å². The number of Topliss-reactive ketones (excluding diaryl/α,β-unsaturated/α-hetero) is 1. The van der Waals surface area contributed by atoms with Crippen LogP contribution in [0.5, 0.6) is 0 Å². The lowest BCUT2D eigenvalue weighted by molar-refractivity contribution is -0.133. The minimum atomic E-state index is -0.668. The number of nitrogens with one attached hydrogen (secondary N) is 1. The Morgan fingerprint density at radius 3 is 2.61 bits per heavy atom. The first-order valence-electron chi connectivity index (χ1n) is 12.1. The standard InChI is InChI=1S/C29H27N3O4/c1-3-14-31-23-13-12-18(2)15-20(23)16-22(29(31)36)21-17-26(34)32(24-10-7-11-25(33)27(21)24)30-28(35)19-8-5-4-6-9-19/h3-6,8-9,12-13,15-16,21H,1,7,10-11,14,17H2,2H3,(H,30,35). The molecule has 1 atom stereocenters. The first-order valence-corrected chi connectivity index (χ1v) is 12.1. The highest BCUT2D eigenvalue weighted by molar-refractivity contribution is 6.03. The van der Waals surface area contributed by atoms with Crippen molar-refractivity contribution in [2.24, 2.45) is 0 Å². The number of nitrogens with zero attached hydrogens (tertiary/aromatic N) is 2. The number of pyridine rings is 1. The third kappa shape index (κ3) is 4.06. The molecule has 1 aliphatic heterocycles. The third-order valence-corrected chi connectivity index (χ3v) is 6.89. The van der Waals surface area contributed by atoms with Crippen LogP contribution >= 0.6 is 0 Å².